The molecule has 2 aromatic heterocycles. The van der Waals surface area contributed by atoms with Gasteiger partial charge < -0.3 is 9.32 Å². The average molecular weight is 355 g/mol. The number of nitrogens with zero attached hydrogens (tertiary/aromatic N) is 5. The number of oxazole rings is 1. The molecule has 0 N–H and O–H groups in total. The van der Waals surface area contributed by atoms with Crippen LogP contribution in [0, 0.1) is 5.82 Å². The molecule has 136 valence electrons. The van der Waals surface area contributed by atoms with Gasteiger partial charge in [-0.2, -0.15) is 4.98 Å². The van der Waals surface area contributed by atoms with Gasteiger partial charge >= 0.3 is 0 Å². The van der Waals surface area contributed by atoms with Gasteiger partial charge in [-0.15, -0.1) is 0 Å². The van der Waals surface area contributed by atoms with Gasteiger partial charge in [0.1, 0.15) is 12.1 Å². The summed E-state index contributed by atoms with van der Waals surface area (Å²) in [6.07, 6.45) is 3.24. The van der Waals surface area contributed by atoms with Gasteiger partial charge in [-0.05, 0) is 12.5 Å². The third kappa shape index (κ3) is 3.39. The van der Waals surface area contributed by atoms with Gasteiger partial charge in [-0.3, -0.25) is 4.90 Å². The first kappa shape index (κ1) is 16.9. The molecule has 0 aliphatic carbocycles. The Morgan fingerprint density at radius 1 is 1.12 bits per heavy atom. The van der Waals surface area contributed by atoms with E-state index < -0.39 is 0 Å². The van der Waals surface area contributed by atoms with Crippen molar-refractivity contribution in [3.63, 3.8) is 0 Å². The fourth-order valence-corrected chi connectivity index (χ4v) is 3.38. The molecule has 0 spiro atoms. The van der Waals surface area contributed by atoms with Crippen LogP contribution in [0.15, 0.2) is 35.0 Å². The van der Waals surface area contributed by atoms with Crippen molar-refractivity contribution in [3.8, 4) is 0 Å². The summed E-state index contributed by atoms with van der Waals surface area (Å²) in [6.45, 7) is 6.10. The molecule has 0 radical (unpaired) electrons. The van der Waals surface area contributed by atoms with E-state index in [1.54, 1.807) is 6.07 Å². The SMILES string of the molecule is CCc1nc2c(N3CCCN(Cc4ccccc4F)CC3)ncnc2o1. The molecule has 4 rings (SSSR count). The lowest BCUT2D eigenvalue weighted by Crippen LogP contribution is -2.31. The Morgan fingerprint density at radius 2 is 2.00 bits per heavy atom. The number of anilines is 1. The first-order chi connectivity index (χ1) is 12.7. The Bertz CT molecular complexity index is 897. The van der Waals surface area contributed by atoms with Crippen LogP contribution in [-0.4, -0.2) is 46.0 Å². The van der Waals surface area contributed by atoms with E-state index in [9.17, 15) is 4.39 Å². The van der Waals surface area contributed by atoms with Crippen molar-refractivity contribution in [2.45, 2.75) is 26.3 Å². The number of aryl methyl sites for hydroxylation is 1. The van der Waals surface area contributed by atoms with Crippen molar-refractivity contribution in [1.82, 2.24) is 19.9 Å². The number of halogens is 1. The van der Waals surface area contributed by atoms with Gasteiger partial charge in [-0.25, -0.2) is 14.4 Å². The Kier molecular flexibility index (Phi) is 4.79. The molecule has 1 aliphatic rings. The van der Waals surface area contributed by atoms with Crippen LogP contribution in [-0.2, 0) is 13.0 Å². The highest BCUT2D eigenvalue weighted by Crippen LogP contribution is 2.24. The van der Waals surface area contributed by atoms with Crippen LogP contribution in [0.25, 0.3) is 11.2 Å². The minimum Gasteiger partial charge on any atom is -0.422 e. The van der Waals surface area contributed by atoms with Crippen LogP contribution in [0.4, 0.5) is 10.2 Å². The molecule has 0 saturated carbocycles. The predicted octanol–water partition coefficient (Wildman–Crippen LogP) is 3.03. The third-order valence-electron chi connectivity index (χ3n) is 4.76. The summed E-state index contributed by atoms with van der Waals surface area (Å²) in [6, 6.07) is 6.99. The highest BCUT2D eigenvalue weighted by molar-refractivity contribution is 5.81. The highest BCUT2D eigenvalue weighted by Gasteiger charge is 2.21. The van der Waals surface area contributed by atoms with E-state index in [0.717, 1.165) is 55.9 Å². The van der Waals surface area contributed by atoms with Crippen LogP contribution in [0.2, 0.25) is 0 Å². The predicted molar refractivity (Wildman–Crippen MR) is 97.5 cm³/mol. The number of hydrogen-bond acceptors (Lipinski definition) is 6. The zero-order valence-electron chi connectivity index (χ0n) is 14.9. The maximum atomic E-state index is 13.9. The summed E-state index contributed by atoms with van der Waals surface area (Å²) >= 11 is 0. The number of hydrogen-bond donors (Lipinski definition) is 0. The van der Waals surface area contributed by atoms with E-state index >= 15 is 0 Å². The Hall–Kier alpha value is -2.54. The first-order valence-electron chi connectivity index (χ1n) is 9.05. The second-order valence-corrected chi connectivity index (χ2v) is 6.52. The van der Waals surface area contributed by atoms with Crippen molar-refractivity contribution in [3.05, 3.63) is 47.9 Å². The molecule has 7 heteroatoms. The quantitative estimate of drug-likeness (QED) is 0.717. The second kappa shape index (κ2) is 7.37. The molecular formula is C19H22FN5O. The Morgan fingerprint density at radius 3 is 2.85 bits per heavy atom. The van der Waals surface area contributed by atoms with E-state index in [0.29, 0.717) is 18.1 Å². The average Bonchev–Trinajstić information content (AvgIpc) is 2.96. The largest absolute Gasteiger partial charge is 0.422 e. The zero-order chi connectivity index (χ0) is 17.9. The summed E-state index contributed by atoms with van der Waals surface area (Å²) in [7, 11) is 0. The number of fused-ring (bicyclic) bond motifs is 1. The van der Waals surface area contributed by atoms with Crippen molar-refractivity contribution < 1.29 is 8.81 Å². The molecule has 3 heterocycles. The standard InChI is InChI=1S/C19H22FN5O/c1-2-16-23-17-18(21-13-22-19(17)26-16)25-9-5-8-24(10-11-25)12-14-6-3-4-7-15(14)20/h3-4,6-7,13H,2,5,8-12H2,1H3. The van der Waals surface area contributed by atoms with E-state index in [1.807, 2.05) is 19.1 Å². The molecule has 1 fully saturated rings. The lowest BCUT2D eigenvalue weighted by atomic mass is 10.2. The van der Waals surface area contributed by atoms with Crippen molar-refractivity contribution in [1.29, 1.82) is 0 Å². The second-order valence-electron chi connectivity index (χ2n) is 6.52. The van der Waals surface area contributed by atoms with Crippen molar-refractivity contribution in [2.24, 2.45) is 0 Å². The molecule has 0 atom stereocenters. The number of benzene rings is 1. The van der Waals surface area contributed by atoms with E-state index in [-0.39, 0.29) is 5.82 Å². The third-order valence-corrected chi connectivity index (χ3v) is 4.76. The fourth-order valence-electron chi connectivity index (χ4n) is 3.38. The Labute approximate surface area is 151 Å². The molecule has 1 saturated heterocycles. The molecule has 0 bridgehead atoms. The zero-order valence-corrected chi connectivity index (χ0v) is 14.9. The lowest BCUT2D eigenvalue weighted by molar-refractivity contribution is 0.281. The molecule has 1 aromatic carbocycles. The molecule has 26 heavy (non-hydrogen) atoms. The monoisotopic (exact) mass is 355 g/mol. The van der Waals surface area contributed by atoms with E-state index in [2.05, 4.69) is 24.8 Å². The van der Waals surface area contributed by atoms with Crippen LogP contribution >= 0.6 is 0 Å². The topological polar surface area (TPSA) is 58.3 Å². The molecular weight excluding hydrogens is 333 g/mol. The lowest BCUT2D eigenvalue weighted by Gasteiger charge is -2.22. The normalized spacial score (nSPS) is 16.2. The van der Waals surface area contributed by atoms with Crippen molar-refractivity contribution >= 4 is 17.0 Å². The van der Waals surface area contributed by atoms with Gasteiger partial charge in [0, 0.05) is 44.7 Å². The van der Waals surface area contributed by atoms with E-state index in [1.165, 1.54) is 12.4 Å². The highest BCUT2D eigenvalue weighted by atomic mass is 19.1. The minimum absolute atomic E-state index is 0.138. The maximum Gasteiger partial charge on any atom is 0.252 e. The number of aromatic nitrogens is 3. The molecule has 0 amide bonds. The Balaban J connectivity index is 1.50. The molecule has 0 unspecified atom stereocenters. The summed E-state index contributed by atoms with van der Waals surface area (Å²) in [5, 5.41) is 0. The summed E-state index contributed by atoms with van der Waals surface area (Å²) in [5.74, 6) is 1.37. The van der Waals surface area contributed by atoms with Gasteiger partial charge in [0.25, 0.3) is 5.71 Å². The van der Waals surface area contributed by atoms with Crippen LogP contribution in [0.5, 0.6) is 0 Å². The van der Waals surface area contributed by atoms with Crippen LogP contribution in [0.3, 0.4) is 0 Å². The van der Waals surface area contributed by atoms with Gasteiger partial charge in [0.2, 0.25) is 0 Å². The molecule has 6 nitrogen and oxygen atoms in total. The van der Waals surface area contributed by atoms with Crippen LogP contribution in [0.1, 0.15) is 24.8 Å². The molecule has 1 aliphatic heterocycles. The summed E-state index contributed by atoms with van der Waals surface area (Å²) in [5.41, 5.74) is 2.01. The maximum absolute atomic E-state index is 13.9. The van der Waals surface area contributed by atoms with Gasteiger partial charge in [0.05, 0.1) is 0 Å². The smallest absolute Gasteiger partial charge is 0.252 e. The summed E-state index contributed by atoms with van der Waals surface area (Å²) < 4.78 is 19.6. The van der Waals surface area contributed by atoms with Crippen LogP contribution < -0.4 is 4.90 Å². The molecule has 3 aromatic rings. The summed E-state index contributed by atoms with van der Waals surface area (Å²) in [4.78, 5) is 17.7. The van der Waals surface area contributed by atoms with Crippen molar-refractivity contribution in [2.75, 3.05) is 31.1 Å². The number of rotatable bonds is 4. The van der Waals surface area contributed by atoms with Gasteiger partial charge in [0.15, 0.2) is 17.2 Å². The van der Waals surface area contributed by atoms with E-state index in [4.69, 9.17) is 4.42 Å². The fraction of sp³-hybridized carbons (Fsp3) is 0.421. The van der Waals surface area contributed by atoms with Gasteiger partial charge in [-0.1, -0.05) is 25.1 Å². The first-order valence-corrected chi connectivity index (χ1v) is 9.05. The minimum atomic E-state index is -0.138.